The van der Waals surface area contributed by atoms with E-state index >= 15 is 0 Å². The number of aromatic nitrogens is 1. The van der Waals surface area contributed by atoms with Crippen LogP contribution in [0.15, 0.2) is 60.9 Å². The lowest BCUT2D eigenvalue weighted by Crippen LogP contribution is -1.85. The van der Waals surface area contributed by atoms with Crippen molar-refractivity contribution in [3.05, 3.63) is 66.5 Å². The molecule has 0 atom stereocenters. The first-order valence-electron chi connectivity index (χ1n) is 6.49. The second-order valence-corrected chi connectivity index (χ2v) is 5.00. The summed E-state index contributed by atoms with van der Waals surface area (Å²) in [6.45, 7) is 2.19. The molecular formula is C18H13N. The van der Waals surface area contributed by atoms with Crippen LogP contribution >= 0.6 is 0 Å². The van der Waals surface area contributed by atoms with Gasteiger partial charge in [0.15, 0.2) is 0 Å². The predicted octanol–water partition coefficient (Wildman–Crippen LogP) is 4.85. The van der Waals surface area contributed by atoms with E-state index in [0.717, 1.165) is 0 Å². The van der Waals surface area contributed by atoms with Gasteiger partial charge >= 0.3 is 0 Å². The lowest BCUT2D eigenvalue weighted by molar-refractivity contribution is 1.37. The molecule has 0 saturated carbocycles. The maximum Gasteiger partial charge on any atom is 0.0352 e. The molecular weight excluding hydrogens is 230 g/mol. The Labute approximate surface area is 111 Å². The number of hydrogen-bond donors (Lipinski definition) is 0. The molecule has 0 aliphatic rings. The fourth-order valence-electron chi connectivity index (χ4n) is 2.98. The number of aryl methyl sites for hydroxylation is 1. The molecule has 0 radical (unpaired) electrons. The van der Waals surface area contributed by atoms with Crippen LogP contribution in [0, 0.1) is 6.92 Å². The second-order valence-electron chi connectivity index (χ2n) is 5.00. The fraction of sp³-hybridized carbons (Fsp3) is 0.0556. The predicted molar refractivity (Wildman–Crippen MR) is 81.5 cm³/mol. The minimum absolute atomic E-state index is 1.23. The van der Waals surface area contributed by atoms with Crippen molar-refractivity contribution in [3.8, 4) is 0 Å². The van der Waals surface area contributed by atoms with E-state index in [1.807, 2.05) is 12.4 Å². The van der Waals surface area contributed by atoms with Gasteiger partial charge in [-0.1, -0.05) is 42.5 Å². The fourth-order valence-corrected chi connectivity index (χ4v) is 2.98. The van der Waals surface area contributed by atoms with Crippen LogP contribution in [0.1, 0.15) is 5.56 Å². The number of nitrogens with zero attached hydrogens (tertiary/aromatic N) is 1. The quantitative estimate of drug-likeness (QED) is 0.402. The third-order valence-electron chi connectivity index (χ3n) is 3.84. The van der Waals surface area contributed by atoms with Crippen molar-refractivity contribution in [2.75, 3.05) is 0 Å². The molecule has 0 unspecified atom stereocenters. The van der Waals surface area contributed by atoms with E-state index in [0.29, 0.717) is 0 Å². The molecule has 1 aromatic heterocycles. The van der Waals surface area contributed by atoms with E-state index in [2.05, 4.69) is 60.4 Å². The second kappa shape index (κ2) is 3.79. The van der Waals surface area contributed by atoms with Crippen molar-refractivity contribution >= 4 is 32.3 Å². The average Bonchev–Trinajstić information content (AvgIpc) is 2.46. The molecule has 90 valence electrons. The monoisotopic (exact) mass is 243 g/mol. The van der Waals surface area contributed by atoms with E-state index in [9.17, 15) is 0 Å². The molecule has 4 rings (SSSR count). The van der Waals surface area contributed by atoms with Gasteiger partial charge in [0.25, 0.3) is 0 Å². The summed E-state index contributed by atoms with van der Waals surface area (Å²) in [5.41, 5.74) is 1.32. The summed E-state index contributed by atoms with van der Waals surface area (Å²) < 4.78 is 0. The largest absolute Gasteiger partial charge is 0.264 e. The molecule has 3 aromatic carbocycles. The molecule has 1 heteroatoms. The number of hydrogen-bond acceptors (Lipinski definition) is 1. The zero-order valence-electron chi connectivity index (χ0n) is 10.7. The summed E-state index contributed by atoms with van der Waals surface area (Å²) in [5.74, 6) is 0. The van der Waals surface area contributed by atoms with Gasteiger partial charge in [-0.05, 0) is 45.5 Å². The number of benzene rings is 3. The lowest BCUT2D eigenvalue weighted by Gasteiger charge is -2.10. The number of pyridine rings is 1. The summed E-state index contributed by atoms with van der Waals surface area (Å²) in [6.07, 6.45) is 3.82. The molecule has 1 nitrogen and oxygen atoms in total. The van der Waals surface area contributed by atoms with Gasteiger partial charge in [-0.15, -0.1) is 0 Å². The molecule has 0 aliphatic carbocycles. The molecule has 0 amide bonds. The van der Waals surface area contributed by atoms with E-state index in [4.69, 9.17) is 0 Å². The highest BCUT2D eigenvalue weighted by Crippen LogP contribution is 2.33. The molecule has 19 heavy (non-hydrogen) atoms. The van der Waals surface area contributed by atoms with Gasteiger partial charge in [0.1, 0.15) is 0 Å². The van der Waals surface area contributed by atoms with Gasteiger partial charge in [-0.25, -0.2) is 0 Å². The Morgan fingerprint density at radius 1 is 0.789 bits per heavy atom. The maximum atomic E-state index is 4.27. The normalized spacial score (nSPS) is 11.4. The highest BCUT2D eigenvalue weighted by molar-refractivity contribution is 6.18. The highest BCUT2D eigenvalue weighted by Gasteiger charge is 2.07. The summed E-state index contributed by atoms with van der Waals surface area (Å²) in [5, 5.41) is 7.74. The first kappa shape index (κ1) is 10.5. The molecule has 0 aliphatic heterocycles. The van der Waals surface area contributed by atoms with Gasteiger partial charge in [0.05, 0.1) is 0 Å². The SMILES string of the molecule is Cc1cc2ccncc2c2ccc3ccccc3c12. The van der Waals surface area contributed by atoms with Crippen LogP contribution in [0.4, 0.5) is 0 Å². The molecule has 4 aromatic rings. The molecule has 0 bridgehead atoms. The summed E-state index contributed by atoms with van der Waals surface area (Å²) >= 11 is 0. The van der Waals surface area contributed by atoms with E-state index in [-0.39, 0.29) is 0 Å². The zero-order chi connectivity index (χ0) is 12.8. The van der Waals surface area contributed by atoms with Crippen molar-refractivity contribution in [2.24, 2.45) is 0 Å². The zero-order valence-corrected chi connectivity index (χ0v) is 10.7. The topological polar surface area (TPSA) is 12.9 Å². The highest BCUT2D eigenvalue weighted by atomic mass is 14.6. The van der Waals surface area contributed by atoms with Crippen LogP contribution in [0.25, 0.3) is 32.3 Å². The van der Waals surface area contributed by atoms with E-state index in [1.54, 1.807) is 0 Å². The Morgan fingerprint density at radius 2 is 1.68 bits per heavy atom. The van der Waals surface area contributed by atoms with Crippen LogP contribution in [0.3, 0.4) is 0 Å². The smallest absolute Gasteiger partial charge is 0.0352 e. The van der Waals surface area contributed by atoms with E-state index < -0.39 is 0 Å². The third-order valence-corrected chi connectivity index (χ3v) is 3.84. The van der Waals surface area contributed by atoms with Crippen LogP contribution in [0.2, 0.25) is 0 Å². The van der Waals surface area contributed by atoms with Gasteiger partial charge in [-0.3, -0.25) is 4.98 Å². The molecule has 0 fully saturated rings. The standard InChI is InChI=1S/C18H13N/c1-12-10-14-8-9-19-11-17(14)16-7-6-13-4-2-3-5-15(13)18(12)16/h2-11H,1H3. The molecule has 0 N–H and O–H groups in total. The first-order chi connectivity index (χ1) is 9.34. The van der Waals surface area contributed by atoms with Crippen molar-refractivity contribution in [1.82, 2.24) is 4.98 Å². The molecule has 0 saturated heterocycles. The van der Waals surface area contributed by atoms with Gasteiger partial charge in [0, 0.05) is 17.8 Å². The summed E-state index contributed by atoms with van der Waals surface area (Å²) in [4.78, 5) is 4.27. The minimum atomic E-state index is 1.23. The van der Waals surface area contributed by atoms with Gasteiger partial charge in [0.2, 0.25) is 0 Å². The van der Waals surface area contributed by atoms with Crippen molar-refractivity contribution < 1.29 is 0 Å². The number of rotatable bonds is 0. The lowest BCUT2D eigenvalue weighted by atomic mass is 9.94. The van der Waals surface area contributed by atoms with Crippen molar-refractivity contribution in [3.63, 3.8) is 0 Å². The average molecular weight is 243 g/mol. The van der Waals surface area contributed by atoms with Crippen LogP contribution < -0.4 is 0 Å². The van der Waals surface area contributed by atoms with Crippen molar-refractivity contribution in [1.29, 1.82) is 0 Å². The van der Waals surface area contributed by atoms with Crippen LogP contribution in [0.5, 0.6) is 0 Å². The maximum absolute atomic E-state index is 4.27. The Balaban J connectivity index is 2.35. The Bertz CT molecular complexity index is 922. The summed E-state index contributed by atoms with van der Waals surface area (Å²) in [7, 11) is 0. The van der Waals surface area contributed by atoms with E-state index in [1.165, 1.54) is 37.9 Å². The Hall–Kier alpha value is -2.41. The van der Waals surface area contributed by atoms with Crippen LogP contribution in [-0.2, 0) is 0 Å². The Morgan fingerprint density at radius 3 is 2.63 bits per heavy atom. The summed E-state index contributed by atoms with van der Waals surface area (Å²) in [6, 6.07) is 17.3. The molecule has 0 spiro atoms. The van der Waals surface area contributed by atoms with Crippen LogP contribution in [-0.4, -0.2) is 4.98 Å². The van der Waals surface area contributed by atoms with Gasteiger partial charge < -0.3 is 0 Å². The third kappa shape index (κ3) is 1.45. The van der Waals surface area contributed by atoms with Crippen molar-refractivity contribution in [2.45, 2.75) is 6.92 Å². The molecule has 1 heterocycles. The first-order valence-corrected chi connectivity index (χ1v) is 6.49. The van der Waals surface area contributed by atoms with Gasteiger partial charge in [-0.2, -0.15) is 0 Å². The Kier molecular flexibility index (Phi) is 2.10. The number of fused-ring (bicyclic) bond motifs is 5. The minimum Gasteiger partial charge on any atom is -0.264 e.